The van der Waals surface area contributed by atoms with E-state index >= 15 is 0 Å². The molecule has 2 aromatic rings. The van der Waals surface area contributed by atoms with E-state index in [-0.39, 0.29) is 22.9 Å². The lowest BCUT2D eigenvalue weighted by atomic mass is 10.1. The fourth-order valence-electron chi connectivity index (χ4n) is 3.18. The number of rotatable bonds is 7. The van der Waals surface area contributed by atoms with Crippen LogP contribution in [0.4, 0.5) is 5.69 Å². The van der Waals surface area contributed by atoms with E-state index in [9.17, 15) is 16.8 Å². The minimum absolute atomic E-state index is 0.0201. The summed E-state index contributed by atoms with van der Waals surface area (Å²) in [6.07, 6.45) is 0. The summed E-state index contributed by atoms with van der Waals surface area (Å²) in [5.41, 5.74) is 1.80. The molecule has 7 nitrogen and oxygen atoms in total. The van der Waals surface area contributed by atoms with Gasteiger partial charge in [0.05, 0.1) is 22.1 Å². The van der Waals surface area contributed by atoms with Gasteiger partial charge in [0, 0.05) is 13.6 Å². The highest BCUT2D eigenvalue weighted by atomic mass is 32.2. The summed E-state index contributed by atoms with van der Waals surface area (Å²) in [5, 5.41) is 8.92. The van der Waals surface area contributed by atoms with Gasteiger partial charge in [-0.05, 0) is 49.6 Å². The molecular weight excluding hydrogens is 388 g/mol. The fraction of sp³-hybridized carbons (Fsp3) is 0.333. The quantitative estimate of drug-likeness (QED) is 0.720. The van der Waals surface area contributed by atoms with Crippen LogP contribution in [-0.4, -0.2) is 42.1 Å². The van der Waals surface area contributed by atoms with Gasteiger partial charge in [0.25, 0.3) is 10.0 Å². The van der Waals surface area contributed by atoms with Gasteiger partial charge in [-0.1, -0.05) is 24.3 Å². The summed E-state index contributed by atoms with van der Waals surface area (Å²) in [4.78, 5) is 0.140. The number of aliphatic hydroxyl groups is 1. The monoisotopic (exact) mass is 412 g/mol. The number of sulfonamides is 2. The van der Waals surface area contributed by atoms with Crippen molar-refractivity contribution in [2.75, 3.05) is 24.5 Å². The lowest BCUT2D eigenvalue weighted by Gasteiger charge is -2.26. The molecule has 0 aliphatic rings. The van der Waals surface area contributed by atoms with Gasteiger partial charge in [0.1, 0.15) is 0 Å². The minimum Gasteiger partial charge on any atom is -0.395 e. The van der Waals surface area contributed by atoms with Crippen LogP contribution in [0, 0.1) is 20.8 Å². The van der Waals surface area contributed by atoms with Crippen molar-refractivity contribution >= 4 is 25.7 Å². The lowest BCUT2D eigenvalue weighted by molar-refractivity contribution is 0.301. The maximum Gasteiger partial charge on any atom is 0.264 e. The molecule has 0 amide bonds. The molecular formula is C18H24N2O5S2. The van der Waals surface area contributed by atoms with E-state index in [1.54, 1.807) is 45.0 Å². The summed E-state index contributed by atoms with van der Waals surface area (Å²) >= 11 is 0. The first-order chi connectivity index (χ1) is 12.5. The highest BCUT2D eigenvalue weighted by Gasteiger charge is 2.28. The van der Waals surface area contributed by atoms with Gasteiger partial charge >= 0.3 is 0 Å². The molecule has 0 saturated heterocycles. The summed E-state index contributed by atoms with van der Waals surface area (Å²) in [5.74, 6) is 0. The van der Waals surface area contributed by atoms with Crippen LogP contribution in [0.25, 0.3) is 0 Å². The Bertz CT molecular complexity index is 1030. The molecule has 0 saturated carbocycles. The molecule has 0 aliphatic heterocycles. The first-order valence-corrected chi connectivity index (χ1v) is 11.2. The second kappa shape index (κ2) is 7.97. The van der Waals surface area contributed by atoms with Crippen LogP contribution in [0.15, 0.2) is 46.2 Å². The van der Waals surface area contributed by atoms with Gasteiger partial charge in [-0.2, -0.15) is 0 Å². The number of anilines is 1. The standard InChI is InChI=1S/C18H24N2O5S2/c1-13-12-14(2)18(26(22,23)19-10-11-21)15(3)17(13)20(4)27(24,25)16-8-6-5-7-9-16/h5-9,12,19,21H,10-11H2,1-4H3. The maximum atomic E-state index is 13.0. The molecule has 0 fully saturated rings. The highest BCUT2D eigenvalue weighted by molar-refractivity contribution is 7.92. The SMILES string of the molecule is Cc1cc(C)c(S(=O)(=O)NCCO)c(C)c1N(C)S(=O)(=O)c1ccccc1. The molecule has 0 aliphatic carbocycles. The Morgan fingerprint density at radius 2 is 1.59 bits per heavy atom. The van der Waals surface area contributed by atoms with Gasteiger partial charge < -0.3 is 5.11 Å². The van der Waals surface area contributed by atoms with Crippen LogP contribution in [-0.2, 0) is 20.0 Å². The smallest absolute Gasteiger partial charge is 0.264 e. The fourth-order valence-corrected chi connectivity index (χ4v) is 6.00. The van der Waals surface area contributed by atoms with E-state index in [4.69, 9.17) is 5.11 Å². The number of nitrogens with one attached hydrogen (secondary N) is 1. The molecule has 27 heavy (non-hydrogen) atoms. The lowest BCUT2D eigenvalue weighted by Crippen LogP contribution is -2.31. The number of hydrogen-bond acceptors (Lipinski definition) is 5. The molecule has 0 spiro atoms. The van der Waals surface area contributed by atoms with Crippen LogP contribution in [0.1, 0.15) is 16.7 Å². The van der Waals surface area contributed by atoms with Crippen molar-refractivity contribution in [3.8, 4) is 0 Å². The van der Waals surface area contributed by atoms with Crippen LogP contribution in [0.5, 0.6) is 0 Å². The van der Waals surface area contributed by atoms with E-state index in [1.807, 2.05) is 0 Å². The zero-order valence-electron chi connectivity index (χ0n) is 15.7. The third kappa shape index (κ3) is 4.16. The maximum absolute atomic E-state index is 13.0. The Kier molecular flexibility index (Phi) is 6.31. The van der Waals surface area contributed by atoms with Crippen LogP contribution in [0.3, 0.4) is 0 Å². The zero-order valence-corrected chi connectivity index (χ0v) is 17.4. The number of hydrogen-bond donors (Lipinski definition) is 2. The third-order valence-corrected chi connectivity index (χ3v) is 7.77. The Morgan fingerprint density at radius 3 is 2.15 bits per heavy atom. The second-order valence-corrected chi connectivity index (χ2v) is 9.89. The average molecular weight is 413 g/mol. The number of aryl methyl sites for hydroxylation is 2. The summed E-state index contributed by atoms with van der Waals surface area (Å²) < 4.78 is 54.7. The first kappa shape index (κ1) is 21.4. The number of nitrogens with zero attached hydrogens (tertiary/aromatic N) is 1. The van der Waals surface area contributed by atoms with Gasteiger partial charge in [0.2, 0.25) is 10.0 Å². The van der Waals surface area contributed by atoms with Crippen molar-refractivity contribution in [1.82, 2.24) is 4.72 Å². The Labute approximate surface area is 160 Å². The second-order valence-electron chi connectivity index (χ2n) is 6.22. The van der Waals surface area contributed by atoms with Crippen molar-refractivity contribution in [1.29, 1.82) is 0 Å². The van der Waals surface area contributed by atoms with Crippen LogP contribution < -0.4 is 9.03 Å². The van der Waals surface area contributed by atoms with Crippen molar-refractivity contribution in [3.63, 3.8) is 0 Å². The van der Waals surface area contributed by atoms with Crippen LogP contribution >= 0.6 is 0 Å². The molecule has 0 heterocycles. The molecule has 0 atom stereocenters. The minimum atomic E-state index is -3.90. The molecule has 0 radical (unpaired) electrons. The van der Waals surface area contributed by atoms with Gasteiger partial charge in [-0.15, -0.1) is 0 Å². The zero-order chi connectivity index (χ0) is 20.4. The first-order valence-electron chi connectivity index (χ1n) is 8.29. The molecule has 2 rings (SSSR count). The van der Waals surface area contributed by atoms with E-state index in [2.05, 4.69) is 4.72 Å². The van der Waals surface area contributed by atoms with Crippen LogP contribution in [0.2, 0.25) is 0 Å². The predicted molar refractivity (Wildman–Crippen MR) is 105 cm³/mol. The molecule has 2 N–H and O–H groups in total. The largest absolute Gasteiger partial charge is 0.395 e. The average Bonchev–Trinajstić information content (AvgIpc) is 2.59. The third-order valence-electron chi connectivity index (χ3n) is 4.25. The van der Waals surface area contributed by atoms with Crippen molar-refractivity contribution in [2.45, 2.75) is 30.6 Å². The van der Waals surface area contributed by atoms with E-state index in [1.165, 1.54) is 19.2 Å². The number of aliphatic hydroxyl groups excluding tert-OH is 1. The van der Waals surface area contributed by atoms with Gasteiger partial charge in [-0.25, -0.2) is 21.6 Å². The van der Waals surface area contributed by atoms with Gasteiger partial charge in [-0.3, -0.25) is 4.31 Å². The normalized spacial score (nSPS) is 12.2. The summed E-state index contributed by atoms with van der Waals surface area (Å²) in [7, 11) is -6.34. The van der Waals surface area contributed by atoms with E-state index in [0.29, 0.717) is 22.4 Å². The molecule has 0 unspecified atom stereocenters. The molecule has 0 bridgehead atoms. The molecule has 2 aromatic carbocycles. The molecule has 0 aromatic heterocycles. The van der Waals surface area contributed by atoms with Crippen molar-refractivity contribution in [2.24, 2.45) is 0 Å². The summed E-state index contributed by atoms with van der Waals surface area (Å²) in [6.45, 7) is 4.52. The Morgan fingerprint density at radius 1 is 1.00 bits per heavy atom. The van der Waals surface area contributed by atoms with Crippen molar-refractivity contribution < 1.29 is 21.9 Å². The Balaban J connectivity index is 2.67. The van der Waals surface area contributed by atoms with E-state index in [0.717, 1.165) is 4.31 Å². The predicted octanol–water partition coefficient (Wildman–Crippen LogP) is 1.71. The van der Waals surface area contributed by atoms with E-state index < -0.39 is 20.0 Å². The number of benzene rings is 2. The summed E-state index contributed by atoms with van der Waals surface area (Å²) in [6, 6.07) is 9.61. The topological polar surface area (TPSA) is 104 Å². The van der Waals surface area contributed by atoms with Crippen molar-refractivity contribution in [3.05, 3.63) is 53.1 Å². The molecule has 148 valence electrons. The Hall–Kier alpha value is -1.94. The molecule has 9 heteroatoms. The van der Waals surface area contributed by atoms with Gasteiger partial charge in [0.15, 0.2) is 0 Å². The highest BCUT2D eigenvalue weighted by Crippen LogP contribution is 2.34.